The highest BCUT2D eigenvalue weighted by Crippen LogP contribution is 2.27. The van der Waals surface area contributed by atoms with Crippen LogP contribution in [-0.2, 0) is 7.05 Å². The quantitative estimate of drug-likeness (QED) is 0.396. The Morgan fingerprint density at radius 1 is 1.38 bits per heavy atom. The third kappa shape index (κ3) is 4.22. The van der Waals surface area contributed by atoms with E-state index in [1.807, 2.05) is 0 Å². The van der Waals surface area contributed by atoms with Gasteiger partial charge in [-0.15, -0.1) is 0 Å². The van der Waals surface area contributed by atoms with E-state index in [0.29, 0.717) is 48.6 Å². The maximum atomic E-state index is 13.0. The van der Waals surface area contributed by atoms with Crippen LogP contribution in [0.4, 0.5) is 22.1 Å². The molecule has 2 saturated heterocycles. The van der Waals surface area contributed by atoms with Gasteiger partial charge < -0.3 is 31.3 Å². The first kappa shape index (κ1) is 21.9. The normalized spacial score (nSPS) is 18.5. The summed E-state index contributed by atoms with van der Waals surface area (Å²) in [6.07, 6.45) is 1.63. The molecule has 0 bridgehead atoms. The number of hydrogen-bond donors (Lipinski definition) is 4. The summed E-state index contributed by atoms with van der Waals surface area (Å²) in [6.45, 7) is 2.02. The Labute approximate surface area is 190 Å². The predicted octanol–water partition coefficient (Wildman–Crippen LogP) is -0.676. The summed E-state index contributed by atoms with van der Waals surface area (Å²) in [5, 5.41) is 19.9. The number of β-amino-alcohol motifs (C(OH)–C–C–N with tert-alkyl or cyclic N) is 1. The Morgan fingerprint density at radius 2 is 2.19 bits per heavy atom. The van der Waals surface area contributed by atoms with Crippen LogP contribution in [0.25, 0.3) is 0 Å². The largest absolute Gasteiger partial charge is 0.395 e. The molecular weight excluding hydrogens is 434 g/mol. The number of amides is 3. The Kier molecular flexibility index (Phi) is 6.21. The van der Waals surface area contributed by atoms with Crippen molar-refractivity contribution in [1.29, 1.82) is 0 Å². The zero-order valence-electron chi connectivity index (χ0n) is 17.6. The molecule has 2 aliphatic rings. The molecule has 32 heavy (non-hydrogen) atoms. The van der Waals surface area contributed by atoms with Crippen molar-refractivity contribution < 1.29 is 14.7 Å². The van der Waals surface area contributed by atoms with Crippen molar-refractivity contribution in [3.05, 3.63) is 30.1 Å². The number of pyridine rings is 1. The van der Waals surface area contributed by atoms with Crippen LogP contribution in [0.5, 0.6) is 0 Å². The number of nitrogens with zero attached hydrogens (tertiary/aromatic N) is 6. The van der Waals surface area contributed by atoms with E-state index in [0.717, 1.165) is 0 Å². The molecule has 2 fully saturated rings. The SMILES string of the molecule is Cn1cc(NC(=O)c2cccc(N3CC(CN)NC3=S)n2)c(N2CCN(CCO)C2=O)n1. The summed E-state index contributed by atoms with van der Waals surface area (Å²) < 4.78 is 1.53. The van der Waals surface area contributed by atoms with E-state index in [-0.39, 0.29) is 30.9 Å². The van der Waals surface area contributed by atoms with Gasteiger partial charge in [-0.3, -0.25) is 14.4 Å². The highest BCUT2D eigenvalue weighted by atomic mass is 32.1. The van der Waals surface area contributed by atoms with Gasteiger partial charge in [-0.05, 0) is 24.4 Å². The molecule has 2 aliphatic heterocycles. The highest BCUT2D eigenvalue weighted by Gasteiger charge is 2.33. The molecule has 5 N–H and O–H groups in total. The van der Waals surface area contributed by atoms with Crippen molar-refractivity contribution in [3.63, 3.8) is 0 Å². The summed E-state index contributed by atoms with van der Waals surface area (Å²) in [4.78, 5) is 34.9. The highest BCUT2D eigenvalue weighted by molar-refractivity contribution is 7.80. The minimum atomic E-state index is -0.437. The number of thiocarbonyl (C=S) groups is 1. The Balaban J connectivity index is 1.52. The second kappa shape index (κ2) is 9.06. The molecule has 0 radical (unpaired) electrons. The van der Waals surface area contributed by atoms with Gasteiger partial charge in [0.1, 0.15) is 17.2 Å². The van der Waals surface area contributed by atoms with Crippen LogP contribution >= 0.6 is 12.2 Å². The van der Waals surface area contributed by atoms with Gasteiger partial charge in [0.05, 0.1) is 18.8 Å². The number of aliphatic hydroxyl groups excluding tert-OH is 1. The first-order chi connectivity index (χ1) is 15.4. The van der Waals surface area contributed by atoms with Gasteiger partial charge in [-0.2, -0.15) is 5.10 Å². The fourth-order valence-electron chi connectivity index (χ4n) is 3.69. The van der Waals surface area contributed by atoms with Crippen LogP contribution in [0, 0.1) is 0 Å². The number of aliphatic hydroxyl groups is 1. The van der Waals surface area contributed by atoms with Gasteiger partial charge in [-0.25, -0.2) is 9.78 Å². The second-order valence-corrected chi connectivity index (χ2v) is 7.90. The lowest BCUT2D eigenvalue weighted by Crippen LogP contribution is -2.34. The summed E-state index contributed by atoms with van der Waals surface area (Å²) in [5.74, 6) is 0.457. The van der Waals surface area contributed by atoms with E-state index in [9.17, 15) is 9.59 Å². The van der Waals surface area contributed by atoms with E-state index in [4.69, 9.17) is 23.1 Å². The Bertz CT molecular complexity index is 1040. The summed E-state index contributed by atoms with van der Waals surface area (Å²) in [6, 6.07) is 4.88. The maximum absolute atomic E-state index is 13.0. The second-order valence-electron chi connectivity index (χ2n) is 7.51. The molecule has 170 valence electrons. The van der Waals surface area contributed by atoms with Crippen LogP contribution in [0.15, 0.2) is 24.4 Å². The minimum Gasteiger partial charge on any atom is -0.395 e. The number of urea groups is 1. The lowest BCUT2D eigenvalue weighted by molar-refractivity contribution is 0.102. The summed E-state index contributed by atoms with van der Waals surface area (Å²) in [7, 11) is 1.71. The number of aryl methyl sites for hydroxylation is 1. The number of nitrogens with two attached hydrogens (primary N) is 1. The van der Waals surface area contributed by atoms with Crippen LogP contribution in [0.1, 0.15) is 10.5 Å². The molecule has 3 amide bonds. The molecule has 1 atom stereocenters. The van der Waals surface area contributed by atoms with Gasteiger partial charge in [0.2, 0.25) is 0 Å². The fraction of sp³-hybridized carbons (Fsp3) is 0.421. The molecule has 1 unspecified atom stereocenters. The molecular formula is C19H25N9O3S. The molecule has 0 aromatic carbocycles. The van der Waals surface area contributed by atoms with E-state index in [1.165, 1.54) is 14.5 Å². The molecule has 12 nitrogen and oxygen atoms in total. The zero-order valence-corrected chi connectivity index (χ0v) is 18.4. The van der Waals surface area contributed by atoms with E-state index in [1.54, 1.807) is 36.3 Å². The number of anilines is 3. The summed E-state index contributed by atoms with van der Waals surface area (Å²) >= 11 is 5.35. The fourth-order valence-corrected chi connectivity index (χ4v) is 4.03. The lowest BCUT2D eigenvalue weighted by Gasteiger charge is -2.18. The molecule has 4 rings (SSSR count). The average Bonchev–Trinajstić information content (AvgIpc) is 3.45. The first-order valence-corrected chi connectivity index (χ1v) is 10.6. The van der Waals surface area contributed by atoms with E-state index in [2.05, 4.69) is 20.7 Å². The average molecular weight is 460 g/mol. The third-order valence-electron chi connectivity index (χ3n) is 5.28. The molecule has 4 heterocycles. The minimum absolute atomic E-state index is 0.0307. The van der Waals surface area contributed by atoms with Crippen LogP contribution in [0.3, 0.4) is 0 Å². The molecule has 13 heteroatoms. The number of rotatable bonds is 7. The van der Waals surface area contributed by atoms with Crippen molar-refractivity contribution in [3.8, 4) is 0 Å². The number of carbonyl (C=O) groups is 2. The predicted molar refractivity (Wildman–Crippen MR) is 123 cm³/mol. The molecule has 0 aliphatic carbocycles. The van der Waals surface area contributed by atoms with Crippen molar-refractivity contribution in [2.45, 2.75) is 6.04 Å². The standard InChI is InChI=1S/C19H25N9O3S/c1-25-11-14(16(24-25)27-6-5-26(7-8-29)19(27)31)23-17(30)13-3-2-4-15(22-13)28-10-12(9-20)21-18(28)32/h2-4,11-12,29H,5-10,20H2,1H3,(H,21,32)(H,23,30). The van der Waals surface area contributed by atoms with Crippen LogP contribution in [0.2, 0.25) is 0 Å². The van der Waals surface area contributed by atoms with Gasteiger partial charge in [0.25, 0.3) is 5.91 Å². The number of carbonyl (C=O) groups excluding carboxylic acids is 2. The first-order valence-electron chi connectivity index (χ1n) is 10.2. The van der Waals surface area contributed by atoms with Crippen molar-refractivity contribution >= 4 is 46.6 Å². The lowest BCUT2D eigenvalue weighted by atomic mass is 10.3. The Morgan fingerprint density at radius 3 is 2.91 bits per heavy atom. The summed E-state index contributed by atoms with van der Waals surface area (Å²) in [5.41, 5.74) is 6.31. The molecule has 2 aromatic heterocycles. The third-order valence-corrected chi connectivity index (χ3v) is 5.62. The topological polar surface area (TPSA) is 145 Å². The van der Waals surface area contributed by atoms with Crippen molar-refractivity contribution in [1.82, 2.24) is 25.0 Å². The smallest absolute Gasteiger partial charge is 0.325 e. The molecule has 2 aromatic rings. The molecule has 0 saturated carbocycles. The van der Waals surface area contributed by atoms with Gasteiger partial charge in [0.15, 0.2) is 10.9 Å². The zero-order chi connectivity index (χ0) is 22.8. The molecule has 0 spiro atoms. The van der Waals surface area contributed by atoms with Gasteiger partial charge in [0, 0.05) is 39.8 Å². The number of aromatic nitrogens is 3. The van der Waals surface area contributed by atoms with E-state index >= 15 is 0 Å². The van der Waals surface area contributed by atoms with E-state index < -0.39 is 5.91 Å². The van der Waals surface area contributed by atoms with Crippen LogP contribution in [-0.4, -0.2) is 87.2 Å². The van der Waals surface area contributed by atoms with Gasteiger partial charge in [-0.1, -0.05) is 6.07 Å². The van der Waals surface area contributed by atoms with Crippen LogP contribution < -0.4 is 26.2 Å². The number of hydrogen-bond acceptors (Lipinski definition) is 7. The Hall–Kier alpha value is -3.29. The monoisotopic (exact) mass is 459 g/mol. The maximum Gasteiger partial charge on any atom is 0.325 e. The number of nitrogens with one attached hydrogen (secondary N) is 2. The van der Waals surface area contributed by atoms with Gasteiger partial charge >= 0.3 is 6.03 Å². The van der Waals surface area contributed by atoms with Crippen molar-refractivity contribution in [2.75, 3.05) is 54.4 Å². The van der Waals surface area contributed by atoms with Crippen molar-refractivity contribution in [2.24, 2.45) is 12.8 Å².